The van der Waals surface area contributed by atoms with Crippen LogP contribution in [0.5, 0.6) is 0 Å². The summed E-state index contributed by atoms with van der Waals surface area (Å²) in [6, 6.07) is 52.9. The zero-order valence-electron chi connectivity index (χ0n) is 36.9. The Labute approximate surface area is 382 Å². The number of benzene rings is 4. The highest BCUT2D eigenvalue weighted by atomic mass is 31.2. The minimum Gasteiger partial charge on any atom is -0.248 e. The van der Waals surface area contributed by atoms with Crippen LogP contribution in [0.25, 0.3) is 22.3 Å². The second kappa shape index (κ2) is 17.3. The maximum atomic E-state index is 8.21. The summed E-state index contributed by atoms with van der Waals surface area (Å²) in [6.07, 6.45) is 21.1. The summed E-state index contributed by atoms with van der Waals surface area (Å²) in [7, 11) is -3.52. The minimum absolute atomic E-state index is 0.428. The van der Waals surface area contributed by atoms with Crippen LogP contribution < -0.4 is 15.7 Å². The van der Waals surface area contributed by atoms with Crippen LogP contribution in [0.1, 0.15) is 97.8 Å². The molecule has 2 fully saturated rings. The van der Waals surface area contributed by atoms with E-state index in [1.54, 1.807) is 0 Å². The van der Waals surface area contributed by atoms with E-state index < -0.39 is 8.02 Å². The van der Waals surface area contributed by atoms with Crippen LogP contribution in [0.15, 0.2) is 186 Å². The molecule has 7 heteroatoms. The van der Waals surface area contributed by atoms with Gasteiger partial charge in [-0.05, 0) is 96.2 Å². The van der Waals surface area contributed by atoms with Gasteiger partial charge in [-0.1, -0.05) is 160 Å². The molecule has 0 saturated heterocycles. The number of aliphatic imine (C=N–C) groups is 1. The van der Waals surface area contributed by atoms with E-state index in [-0.39, 0.29) is 0 Å². The molecule has 4 aromatic carbocycles. The first-order chi connectivity index (χ1) is 32.2. The van der Waals surface area contributed by atoms with Crippen LogP contribution >= 0.6 is 8.02 Å². The Morgan fingerprint density at radius 1 is 0.462 bits per heavy atom. The van der Waals surface area contributed by atoms with Gasteiger partial charge in [0.1, 0.15) is 24.3 Å². The largest absolute Gasteiger partial charge is 0.497 e. The molecule has 6 bridgehead atoms. The monoisotopic (exact) mass is 870 g/mol. The van der Waals surface area contributed by atoms with E-state index in [1.807, 2.05) is 0 Å². The van der Waals surface area contributed by atoms with Gasteiger partial charge >= 0.3 is 8.02 Å². The van der Waals surface area contributed by atoms with Crippen molar-refractivity contribution < 1.29 is 14.0 Å². The van der Waals surface area contributed by atoms with Crippen molar-refractivity contribution in [3.05, 3.63) is 226 Å². The van der Waals surface area contributed by atoms with Gasteiger partial charge in [0.2, 0.25) is 11.4 Å². The Morgan fingerprint density at radius 2 is 0.938 bits per heavy atom. The number of rotatable bonds is 10. The molecule has 0 atom stereocenters. The van der Waals surface area contributed by atoms with Crippen LogP contribution in [0.4, 0.5) is 0 Å². The average Bonchev–Trinajstić information content (AvgIpc) is 4.21. The lowest BCUT2D eigenvalue weighted by atomic mass is 9.90. The Morgan fingerprint density at radius 3 is 1.49 bits per heavy atom. The van der Waals surface area contributed by atoms with Crippen molar-refractivity contribution in [2.24, 2.45) is 16.8 Å². The summed E-state index contributed by atoms with van der Waals surface area (Å²) in [4.78, 5) is 9.68. The zero-order chi connectivity index (χ0) is 43.2. The van der Waals surface area contributed by atoms with Gasteiger partial charge < -0.3 is 0 Å². The highest BCUT2D eigenvalue weighted by molar-refractivity contribution is 7.63. The van der Waals surface area contributed by atoms with Crippen LogP contribution in [0.2, 0.25) is 0 Å². The van der Waals surface area contributed by atoms with Crippen molar-refractivity contribution in [1.82, 2.24) is 8.68 Å². The Balaban J connectivity index is 1.32. The molecular weight excluding hydrogens is 816 g/mol. The molecule has 6 nitrogen and oxygen atoms in total. The van der Waals surface area contributed by atoms with E-state index in [1.165, 1.54) is 38.5 Å². The highest BCUT2D eigenvalue weighted by Crippen LogP contribution is 2.66. The van der Waals surface area contributed by atoms with Gasteiger partial charge in [-0.15, -0.1) is 8.68 Å². The number of aromatic nitrogens is 2. The summed E-state index contributed by atoms with van der Waals surface area (Å²) in [6.45, 7) is 1.21. The maximum absolute atomic E-state index is 8.21. The van der Waals surface area contributed by atoms with E-state index in [0.717, 1.165) is 115 Å². The van der Waals surface area contributed by atoms with Gasteiger partial charge in [-0.3, -0.25) is 0 Å². The Hall–Kier alpha value is -6.17. The van der Waals surface area contributed by atoms with Gasteiger partial charge in [-0.2, -0.15) is 9.05 Å². The molecule has 0 unspecified atom stereocenters. The van der Waals surface area contributed by atoms with Gasteiger partial charge in [0.25, 0.3) is 0 Å². The van der Waals surface area contributed by atoms with Gasteiger partial charge in [0, 0.05) is 23.3 Å². The maximum Gasteiger partial charge on any atom is 0.497 e. The van der Waals surface area contributed by atoms with E-state index in [4.69, 9.17) is 14.0 Å². The van der Waals surface area contributed by atoms with E-state index in [2.05, 4.69) is 184 Å². The number of hydrogen-bond acceptors (Lipinski definition) is 3. The van der Waals surface area contributed by atoms with Crippen molar-refractivity contribution in [3.8, 4) is 0 Å². The first-order valence-electron chi connectivity index (χ1n) is 23.9. The lowest BCUT2D eigenvalue weighted by Crippen LogP contribution is -2.69. The molecular formula is C58H55N4O2P+2. The van der Waals surface area contributed by atoms with Crippen molar-refractivity contribution in [2.45, 2.75) is 64.2 Å². The Kier molecular flexibility index (Phi) is 10.8. The normalized spacial score (nSPS) is 19.2. The fourth-order valence-corrected chi connectivity index (χ4v) is 14.4. The lowest BCUT2D eigenvalue weighted by molar-refractivity contribution is -0.383. The molecule has 2 saturated carbocycles. The first kappa shape index (κ1) is 40.3. The predicted molar refractivity (Wildman–Crippen MR) is 265 cm³/mol. The van der Waals surface area contributed by atoms with Crippen molar-refractivity contribution >= 4 is 41.7 Å². The van der Waals surface area contributed by atoms with Crippen LogP contribution in [-0.4, -0.2) is 33.3 Å². The topological polar surface area (TPSA) is 54.6 Å². The van der Waals surface area contributed by atoms with Gasteiger partial charge in [0.15, 0.2) is 0 Å². The lowest BCUT2D eigenvalue weighted by Gasteiger charge is -2.33. The number of nitrogens with zero attached hydrogens (tertiary/aromatic N) is 3. The third kappa shape index (κ3) is 7.24. The third-order valence-electron chi connectivity index (χ3n) is 14.3. The summed E-state index contributed by atoms with van der Waals surface area (Å²) in [5.41, 5.74) is 14.8. The average molecular weight is 871 g/mol. The molecule has 0 amide bonds. The van der Waals surface area contributed by atoms with Gasteiger partial charge in [-0.25, -0.2) is 9.98 Å². The molecule has 1 N–H and O–H groups in total. The molecule has 6 aliphatic rings. The first-order valence-corrected chi connectivity index (χ1v) is 25.4. The second-order valence-electron chi connectivity index (χ2n) is 18.4. The predicted octanol–water partition coefficient (Wildman–Crippen LogP) is 10.6. The quantitative estimate of drug-likeness (QED) is 0.139. The van der Waals surface area contributed by atoms with Crippen LogP contribution in [-0.2, 0) is 9.05 Å². The minimum atomic E-state index is -3.52. The second-order valence-corrected chi connectivity index (χ2v) is 20.7. The molecule has 0 spiro atoms. The van der Waals surface area contributed by atoms with Crippen molar-refractivity contribution in [2.75, 3.05) is 13.2 Å². The summed E-state index contributed by atoms with van der Waals surface area (Å²) in [5.74, 6) is 0.856. The fourth-order valence-electron chi connectivity index (χ4n) is 11.1. The molecule has 6 aromatic rings. The zero-order valence-corrected chi connectivity index (χ0v) is 37.8. The Bertz CT molecular complexity index is 2880. The SMILES string of the molecule is C1=CC2=C(c3ccccc3)c3ccc4n3[P+](OCC3CCCCC3)(OCC3CCCCC3)n3c(ccc3=C(c3ccccc3)C3=[NH+]C(=C4c4ccccc4)C=C3)=C(c3ccccc3)C1=N2. The fraction of sp³-hybridized carbons (Fsp3) is 0.241. The van der Waals surface area contributed by atoms with Gasteiger partial charge in [0.05, 0.1) is 33.6 Å². The van der Waals surface area contributed by atoms with E-state index in [9.17, 15) is 0 Å². The number of fused-ring (bicyclic) bond motifs is 2. The molecule has 2 aromatic heterocycles. The molecule has 12 rings (SSSR count). The molecule has 6 heterocycles. The van der Waals surface area contributed by atoms with E-state index in [0.29, 0.717) is 25.0 Å². The number of hydrogen-bond donors (Lipinski definition) is 1. The molecule has 0 radical (unpaired) electrons. The third-order valence-corrected chi connectivity index (χ3v) is 17.1. The number of allylic oxidation sites excluding steroid dienone is 4. The van der Waals surface area contributed by atoms with Crippen molar-refractivity contribution in [3.63, 3.8) is 0 Å². The molecule has 65 heavy (non-hydrogen) atoms. The summed E-state index contributed by atoms with van der Waals surface area (Å²) >= 11 is 0. The standard InChI is InChI=1S/C58H54N4O2P/c1-7-19-41(20-8-1)39-63-65(64-40-42-21-9-2-10-22-42)61-51-35-36-52(61)57(45-27-15-5-16-28-45)49-33-34-50(60-49)58(46-29-17-6-18-30-46)54-38-37-53(62(54)65)56(44-25-13-4-14-26-44)48-32-31-47(59-48)55(51)43-23-11-3-12-24-43/h3-6,11-18,23-38,41-42H,1-2,7-10,19-22,39-40H2/q+1/p+1. The summed E-state index contributed by atoms with van der Waals surface area (Å²) < 4.78 is 21.5. The van der Waals surface area contributed by atoms with E-state index >= 15 is 0 Å². The number of nitrogens with one attached hydrogen (secondary N) is 1. The summed E-state index contributed by atoms with van der Waals surface area (Å²) in [5, 5.41) is 2.09. The smallest absolute Gasteiger partial charge is 0.248 e. The molecule has 2 aliphatic carbocycles. The highest BCUT2D eigenvalue weighted by Gasteiger charge is 2.56. The van der Waals surface area contributed by atoms with Crippen LogP contribution in [0, 0.1) is 11.8 Å². The molecule has 322 valence electrons. The molecule has 4 aliphatic heterocycles. The van der Waals surface area contributed by atoms with Crippen molar-refractivity contribution in [1.29, 1.82) is 0 Å². The van der Waals surface area contributed by atoms with Crippen LogP contribution in [0.3, 0.4) is 0 Å².